The first kappa shape index (κ1) is 19.0. The molecule has 2 aromatic rings. The average molecular weight is 392 g/mol. The molecule has 25 heavy (non-hydrogen) atoms. The summed E-state index contributed by atoms with van der Waals surface area (Å²) in [5.74, 6) is -1.49. The Hall–Kier alpha value is -2.37. The SMILES string of the molecule is Cn1nc(-c2cc([N+](=O)[O-])c(Cl)cc2F)c(C(F)(F)F)c1C(F)(F)F. The third kappa shape index (κ3) is 3.38. The Balaban J connectivity index is 2.90. The number of aryl methyl sites for hydroxylation is 1. The predicted octanol–water partition coefficient (Wildman–Crippen LogP) is 4.83. The van der Waals surface area contributed by atoms with Crippen molar-refractivity contribution in [3.63, 3.8) is 0 Å². The summed E-state index contributed by atoms with van der Waals surface area (Å²) in [4.78, 5) is 9.68. The highest BCUT2D eigenvalue weighted by Crippen LogP contribution is 2.46. The largest absolute Gasteiger partial charge is 0.433 e. The van der Waals surface area contributed by atoms with Gasteiger partial charge in [-0.15, -0.1) is 0 Å². The molecule has 1 aromatic heterocycles. The van der Waals surface area contributed by atoms with Gasteiger partial charge in [-0.25, -0.2) is 4.39 Å². The highest BCUT2D eigenvalue weighted by Gasteiger charge is 2.49. The molecule has 0 aliphatic heterocycles. The summed E-state index contributed by atoms with van der Waals surface area (Å²) in [6.45, 7) is 0. The van der Waals surface area contributed by atoms with Gasteiger partial charge in [0.05, 0.1) is 4.92 Å². The Morgan fingerprint density at radius 2 is 1.72 bits per heavy atom. The maximum absolute atomic E-state index is 14.0. The van der Waals surface area contributed by atoms with E-state index in [2.05, 4.69) is 5.10 Å². The van der Waals surface area contributed by atoms with E-state index in [1.54, 1.807) is 0 Å². The zero-order valence-corrected chi connectivity index (χ0v) is 12.6. The van der Waals surface area contributed by atoms with E-state index in [1.807, 2.05) is 0 Å². The zero-order valence-electron chi connectivity index (χ0n) is 11.8. The Morgan fingerprint density at radius 1 is 1.16 bits per heavy atom. The van der Waals surface area contributed by atoms with Crippen LogP contribution in [0.1, 0.15) is 11.3 Å². The van der Waals surface area contributed by atoms with Crippen LogP contribution in [0.2, 0.25) is 5.02 Å². The summed E-state index contributed by atoms with van der Waals surface area (Å²) < 4.78 is 92.3. The van der Waals surface area contributed by atoms with E-state index >= 15 is 0 Å². The number of hydrogen-bond donors (Lipinski definition) is 0. The molecule has 0 bridgehead atoms. The quantitative estimate of drug-likeness (QED) is 0.419. The van der Waals surface area contributed by atoms with Crippen LogP contribution in [-0.4, -0.2) is 14.7 Å². The maximum Gasteiger partial charge on any atom is 0.433 e. The molecule has 0 aliphatic rings. The molecule has 5 nitrogen and oxygen atoms in total. The summed E-state index contributed by atoms with van der Waals surface area (Å²) in [6.07, 6.45) is -11.0. The van der Waals surface area contributed by atoms with Crippen molar-refractivity contribution in [3.8, 4) is 11.3 Å². The minimum atomic E-state index is -5.55. The lowest BCUT2D eigenvalue weighted by atomic mass is 10.0. The van der Waals surface area contributed by atoms with Gasteiger partial charge in [0, 0.05) is 24.7 Å². The zero-order chi connectivity index (χ0) is 19.3. The lowest BCUT2D eigenvalue weighted by Crippen LogP contribution is -2.19. The van der Waals surface area contributed by atoms with Crippen LogP contribution < -0.4 is 0 Å². The molecule has 2 rings (SSSR count). The van der Waals surface area contributed by atoms with Crippen molar-refractivity contribution < 1.29 is 35.7 Å². The third-order valence-corrected chi connectivity index (χ3v) is 3.39. The second kappa shape index (κ2) is 5.86. The van der Waals surface area contributed by atoms with E-state index in [9.17, 15) is 40.8 Å². The molecule has 1 heterocycles. The highest BCUT2D eigenvalue weighted by atomic mass is 35.5. The van der Waals surface area contributed by atoms with Crippen molar-refractivity contribution >= 4 is 17.3 Å². The molecule has 0 radical (unpaired) electrons. The molecule has 13 heteroatoms. The Bertz CT molecular complexity index is 858. The van der Waals surface area contributed by atoms with Gasteiger partial charge >= 0.3 is 12.4 Å². The van der Waals surface area contributed by atoms with Gasteiger partial charge < -0.3 is 0 Å². The van der Waals surface area contributed by atoms with Crippen LogP contribution in [0.15, 0.2) is 12.1 Å². The topological polar surface area (TPSA) is 61.0 Å². The highest BCUT2D eigenvalue weighted by molar-refractivity contribution is 6.32. The Labute approximate surface area is 138 Å². The molecule has 0 N–H and O–H groups in total. The molecule has 0 saturated carbocycles. The second-order valence-electron chi connectivity index (χ2n) is 4.73. The molecule has 1 aromatic carbocycles. The molecular formula is C12H5ClF7N3O2. The number of alkyl halides is 6. The summed E-state index contributed by atoms with van der Waals surface area (Å²) in [5, 5.41) is 13.1. The number of halogens is 8. The molecular weight excluding hydrogens is 387 g/mol. The van der Waals surface area contributed by atoms with Crippen molar-refractivity contribution in [2.45, 2.75) is 12.4 Å². The first-order valence-corrected chi connectivity index (χ1v) is 6.48. The molecule has 0 amide bonds. The second-order valence-corrected chi connectivity index (χ2v) is 5.14. The Kier molecular flexibility index (Phi) is 4.45. The average Bonchev–Trinajstić information content (AvgIpc) is 2.75. The van der Waals surface area contributed by atoms with Gasteiger partial charge in [0.15, 0.2) is 5.69 Å². The standard InChI is InChI=1S/C12H5ClF7N3O2/c1-22-10(12(18,19)20)8(11(15,16)17)9(21-22)4-2-7(23(24)25)5(13)3-6(4)14/h2-3H,1H3. The van der Waals surface area contributed by atoms with Gasteiger partial charge in [-0.05, 0) is 0 Å². The van der Waals surface area contributed by atoms with Gasteiger partial charge in [-0.2, -0.15) is 31.4 Å². The summed E-state index contributed by atoms with van der Waals surface area (Å²) >= 11 is 5.41. The minimum Gasteiger partial charge on any atom is -0.262 e. The third-order valence-electron chi connectivity index (χ3n) is 3.09. The van der Waals surface area contributed by atoms with E-state index in [0.717, 1.165) is 0 Å². The molecule has 0 atom stereocenters. The molecule has 0 saturated heterocycles. The van der Waals surface area contributed by atoms with Crippen molar-refractivity contribution in [2.75, 3.05) is 0 Å². The van der Waals surface area contributed by atoms with E-state index < -0.39 is 56.3 Å². The number of aromatic nitrogens is 2. The molecule has 0 aliphatic carbocycles. The van der Waals surface area contributed by atoms with Gasteiger partial charge in [-0.1, -0.05) is 11.6 Å². The van der Waals surface area contributed by atoms with Crippen LogP contribution in [0.5, 0.6) is 0 Å². The summed E-state index contributed by atoms with van der Waals surface area (Å²) in [6, 6.07) is 0.631. The smallest absolute Gasteiger partial charge is 0.262 e. The number of nitro groups is 1. The number of nitro benzene ring substituents is 1. The number of benzene rings is 1. The molecule has 0 unspecified atom stereocenters. The number of hydrogen-bond acceptors (Lipinski definition) is 3. The molecule has 0 spiro atoms. The van der Waals surface area contributed by atoms with E-state index in [1.165, 1.54) is 0 Å². The van der Waals surface area contributed by atoms with Crippen LogP contribution >= 0.6 is 11.6 Å². The van der Waals surface area contributed by atoms with Gasteiger partial charge in [0.25, 0.3) is 5.69 Å². The fraction of sp³-hybridized carbons (Fsp3) is 0.250. The van der Waals surface area contributed by atoms with Crippen molar-refractivity contribution in [1.29, 1.82) is 0 Å². The maximum atomic E-state index is 14.0. The fourth-order valence-corrected chi connectivity index (χ4v) is 2.38. The minimum absolute atomic E-state index is 0.113. The van der Waals surface area contributed by atoms with Crippen molar-refractivity contribution in [3.05, 3.63) is 44.3 Å². The first-order valence-electron chi connectivity index (χ1n) is 6.10. The molecule has 136 valence electrons. The summed E-state index contributed by atoms with van der Waals surface area (Å²) in [7, 11) is 0.587. The van der Waals surface area contributed by atoms with E-state index in [-0.39, 0.29) is 4.68 Å². The van der Waals surface area contributed by atoms with Gasteiger partial charge in [0.2, 0.25) is 0 Å². The van der Waals surface area contributed by atoms with Gasteiger partial charge in [-0.3, -0.25) is 14.8 Å². The number of nitrogens with zero attached hydrogens (tertiary/aromatic N) is 3. The monoisotopic (exact) mass is 391 g/mol. The van der Waals surface area contributed by atoms with Crippen LogP contribution in [0.3, 0.4) is 0 Å². The van der Waals surface area contributed by atoms with E-state index in [0.29, 0.717) is 19.2 Å². The van der Waals surface area contributed by atoms with Crippen LogP contribution in [0, 0.1) is 15.9 Å². The van der Waals surface area contributed by atoms with Crippen LogP contribution in [0.4, 0.5) is 36.4 Å². The summed E-state index contributed by atoms with van der Waals surface area (Å²) in [5.41, 5.74) is -7.95. The first-order chi connectivity index (χ1) is 11.2. The van der Waals surface area contributed by atoms with E-state index in [4.69, 9.17) is 11.6 Å². The van der Waals surface area contributed by atoms with Crippen molar-refractivity contribution in [1.82, 2.24) is 9.78 Å². The van der Waals surface area contributed by atoms with Gasteiger partial charge in [0.1, 0.15) is 22.1 Å². The van der Waals surface area contributed by atoms with Crippen molar-refractivity contribution in [2.24, 2.45) is 7.05 Å². The predicted molar refractivity (Wildman–Crippen MR) is 70.3 cm³/mol. The lowest BCUT2D eigenvalue weighted by Gasteiger charge is -2.13. The lowest BCUT2D eigenvalue weighted by molar-refractivity contribution is -0.384. The normalized spacial score (nSPS) is 12.5. The molecule has 0 fully saturated rings. The van der Waals surface area contributed by atoms with Crippen LogP contribution in [-0.2, 0) is 19.4 Å². The Morgan fingerprint density at radius 3 is 2.16 bits per heavy atom. The fourth-order valence-electron chi connectivity index (χ4n) is 2.17. The van der Waals surface area contributed by atoms with Crippen LogP contribution in [0.25, 0.3) is 11.3 Å². The number of rotatable bonds is 2.